The van der Waals surface area contributed by atoms with Gasteiger partial charge in [0.15, 0.2) is 11.5 Å². The van der Waals surface area contributed by atoms with Crippen LogP contribution in [-0.4, -0.2) is 63.9 Å². The fourth-order valence-electron chi connectivity index (χ4n) is 3.07. The fourth-order valence-corrected chi connectivity index (χ4v) is 4.50. The summed E-state index contributed by atoms with van der Waals surface area (Å²) in [5.41, 5.74) is 2.94. The molecule has 0 saturated carbocycles. The van der Waals surface area contributed by atoms with Crippen molar-refractivity contribution in [3.8, 4) is 11.5 Å². The van der Waals surface area contributed by atoms with Crippen molar-refractivity contribution < 1.29 is 27.6 Å². The molecule has 0 atom stereocenters. The van der Waals surface area contributed by atoms with Crippen molar-refractivity contribution in [3.63, 3.8) is 0 Å². The number of ether oxygens (including phenoxy) is 3. The molecule has 1 aliphatic heterocycles. The van der Waals surface area contributed by atoms with Crippen molar-refractivity contribution in [1.29, 1.82) is 0 Å². The molecule has 0 aliphatic carbocycles. The first-order chi connectivity index (χ1) is 15.4. The third-order valence-corrected chi connectivity index (χ3v) is 6.55. The largest absolute Gasteiger partial charge is 0.493 e. The number of benzene rings is 2. The van der Waals surface area contributed by atoms with Crippen molar-refractivity contribution in [2.75, 3.05) is 45.4 Å². The van der Waals surface area contributed by atoms with E-state index in [-0.39, 0.29) is 36.9 Å². The lowest BCUT2D eigenvalue weighted by Gasteiger charge is -2.26. The van der Waals surface area contributed by atoms with Crippen LogP contribution in [-0.2, 0) is 14.8 Å². The van der Waals surface area contributed by atoms with Crippen molar-refractivity contribution >= 4 is 27.6 Å². The molecule has 1 fully saturated rings. The van der Waals surface area contributed by atoms with Gasteiger partial charge in [0.25, 0.3) is 5.69 Å². The Bertz CT molecular complexity index is 1100. The first-order valence-corrected chi connectivity index (χ1v) is 11.3. The number of rotatable bonds is 9. The van der Waals surface area contributed by atoms with Gasteiger partial charge in [0.1, 0.15) is 5.69 Å². The predicted molar refractivity (Wildman–Crippen MR) is 118 cm³/mol. The Balaban J connectivity index is 1.80. The van der Waals surface area contributed by atoms with Gasteiger partial charge in [-0.25, -0.2) is 8.42 Å². The maximum atomic E-state index is 12.8. The van der Waals surface area contributed by atoms with Crippen LogP contribution in [0.15, 0.2) is 46.4 Å². The maximum Gasteiger partial charge on any atom is 0.295 e. The van der Waals surface area contributed by atoms with E-state index in [0.29, 0.717) is 23.7 Å². The minimum Gasteiger partial charge on any atom is -0.493 e. The van der Waals surface area contributed by atoms with E-state index in [1.807, 2.05) is 6.92 Å². The molecule has 11 nitrogen and oxygen atoms in total. The first-order valence-electron chi connectivity index (χ1n) is 9.83. The second-order valence-corrected chi connectivity index (χ2v) is 8.60. The lowest BCUT2D eigenvalue weighted by atomic mass is 10.2. The average Bonchev–Trinajstić information content (AvgIpc) is 2.80. The van der Waals surface area contributed by atoms with E-state index in [9.17, 15) is 18.5 Å². The molecule has 0 spiro atoms. The second-order valence-electron chi connectivity index (χ2n) is 6.67. The molecule has 0 aromatic heterocycles. The molecule has 0 radical (unpaired) electrons. The van der Waals surface area contributed by atoms with Crippen LogP contribution in [0.4, 0.5) is 11.4 Å². The Morgan fingerprint density at radius 3 is 2.62 bits per heavy atom. The third kappa shape index (κ3) is 5.33. The molecule has 0 bridgehead atoms. The number of hydrogen-bond acceptors (Lipinski definition) is 9. The van der Waals surface area contributed by atoms with Crippen molar-refractivity contribution in [2.45, 2.75) is 11.8 Å². The zero-order valence-corrected chi connectivity index (χ0v) is 18.5. The molecule has 2 aromatic rings. The van der Waals surface area contributed by atoms with Crippen molar-refractivity contribution in [3.05, 3.63) is 52.1 Å². The number of hydrazone groups is 1. The molecule has 12 heteroatoms. The normalized spacial score (nSPS) is 14.9. The summed E-state index contributed by atoms with van der Waals surface area (Å²) in [5, 5.41) is 15.6. The summed E-state index contributed by atoms with van der Waals surface area (Å²) in [6.07, 6.45) is 1.46. The van der Waals surface area contributed by atoms with Gasteiger partial charge in [0.2, 0.25) is 10.0 Å². The molecule has 32 heavy (non-hydrogen) atoms. The maximum absolute atomic E-state index is 12.8. The zero-order chi connectivity index (χ0) is 23.1. The molecule has 1 heterocycles. The van der Waals surface area contributed by atoms with Crippen LogP contribution in [0.1, 0.15) is 12.5 Å². The average molecular weight is 465 g/mol. The van der Waals surface area contributed by atoms with E-state index in [1.54, 1.807) is 18.2 Å². The molecular weight excluding hydrogens is 440 g/mol. The molecule has 172 valence electrons. The highest BCUT2D eigenvalue weighted by molar-refractivity contribution is 7.89. The van der Waals surface area contributed by atoms with Crippen molar-refractivity contribution in [1.82, 2.24) is 4.31 Å². The van der Waals surface area contributed by atoms with Crippen LogP contribution in [0.25, 0.3) is 0 Å². The smallest absolute Gasteiger partial charge is 0.295 e. The number of nitrogens with zero attached hydrogens (tertiary/aromatic N) is 3. The van der Waals surface area contributed by atoms with E-state index < -0.39 is 20.6 Å². The topological polar surface area (TPSA) is 133 Å². The van der Waals surface area contributed by atoms with Gasteiger partial charge in [0, 0.05) is 19.2 Å². The molecule has 0 unspecified atom stereocenters. The van der Waals surface area contributed by atoms with Gasteiger partial charge < -0.3 is 14.2 Å². The van der Waals surface area contributed by atoms with Gasteiger partial charge in [-0.05, 0) is 42.8 Å². The first kappa shape index (κ1) is 23.4. The van der Waals surface area contributed by atoms with E-state index in [2.05, 4.69) is 10.5 Å². The SMILES string of the molecule is CCOc1ccc(/C=N/Nc2ccc(S(=O)(=O)N3CCOCC3)cc2[N+](=O)[O-])cc1OC. The summed E-state index contributed by atoms with van der Waals surface area (Å²) in [7, 11) is -2.34. The van der Waals surface area contributed by atoms with Gasteiger partial charge in [0.05, 0.1) is 43.0 Å². The lowest BCUT2D eigenvalue weighted by molar-refractivity contribution is -0.384. The molecule has 1 saturated heterocycles. The number of nitro benzene ring substituents is 1. The monoisotopic (exact) mass is 464 g/mol. The van der Waals surface area contributed by atoms with E-state index in [4.69, 9.17) is 14.2 Å². The molecule has 3 rings (SSSR count). The predicted octanol–water partition coefficient (Wildman–Crippen LogP) is 2.47. The number of morpholine rings is 1. The van der Waals surface area contributed by atoms with Crippen LogP contribution in [0.5, 0.6) is 11.5 Å². The Morgan fingerprint density at radius 2 is 1.97 bits per heavy atom. The van der Waals surface area contributed by atoms with E-state index in [0.717, 1.165) is 6.07 Å². The highest BCUT2D eigenvalue weighted by atomic mass is 32.2. The number of methoxy groups -OCH3 is 1. The van der Waals surface area contributed by atoms with Crippen LogP contribution < -0.4 is 14.9 Å². The summed E-state index contributed by atoms with van der Waals surface area (Å²) in [4.78, 5) is 10.7. The number of hydrogen-bond donors (Lipinski definition) is 1. The number of nitrogens with one attached hydrogen (secondary N) is 1. The van der Waals surface area contributed by atoms with Crippen LogP contribution >= 0.6 is 0 Å². The zero-order valence-electron chi connectivity index (χ0n) is 17.7. The van der Waals surface area contributed by atoms with Crippen LogP contribution in [0.3, 0.4) is 0 Å². The second kappa shape index (κ2) is 10.4. The number of sulfonamides is 1. The summed E-state index contributed by atoms with van der Waals surface area (Å²) < 4.78 is 42.7. The molecular formula is C20H24N4O7S. The standard InChI is InChI=1S/C20H24N4O7S/c1-3-31-19-7-4-15(12-20(19)29-2)14-21-22-17-6-5-16(13-18(17)24(25)26)32(27,28)23-8-10-30-11-9-23/h4-7,12-14,22H,3,8-11H2,1-2H3/b21-14+. The highest BCUT2D eigenvalue weighted by Gasteiger charge is 2.28. The third-order valence-electron chi connectivity index (χ3n) is 4.66. The Morgan fingerprint density at radius 1 is 1.22 bits per heavy atom. The Kier molecular flexibility index (Phi) is 7.62. The van der Waals surface area contributed by atoms with Gasteiger partial charge in [-0.1, -0.05) is 0 Å². The molecule has 1 aliphatic rings. The lowest BCUT2D eigenvalue weighted by Crippen LogP contribution is -2.40. The summed E-state index contributed by atoms with van der Waals surface area (Å²) in [6, 6.07) is 8.87. The molecule has 1 N–H and O–H groups in total. The summed E-state index contributed by atoms with van der Waals surface area (Å²) in [6.45, 7) is 3.32. The number of anilines is 1. The Hall–Kier alpha value is -3.22. The quantitative estimate of drug-likeness (QED) is 0.340. The van der Waals surface area contributed by atoms with Crippen molar-refractivity contribution in [2.24, 2.45) is 5.10 Å². The number of nitro groups is 1. The summed E-state index contributed by atoms with van der Waals surface area (Å²) in [5.74, 6) is 1.12. The minimum absolute atomic E-state index is 0.0603. The minimum atomic E-state index is -3.86. The molecule has 0 amide bonds. The van der Waals surface area contributed by atoms with Gasteiger partial charge in [-0.15, -0.1) is 0 Å². The van der Waals surface area contributed by atoms with Gasteiger partial charge in [-0.2, -0.15) is 9.41 Å². The molecule has 2 aromatic carbocycles. The van der Waals surface area contributed by atoms with Gasteiger partial charge >= 0.3 is 0 Å². The van der Waals surface area contributed by atoms with Crippen LogP contribution in [0.2, 0.25) is 0 Å². The summed E-state index contributed by atoms with van der Waals surface area (Å²) >= 11 is 0. The van der Waals surface area contributed by atoms with E-state index >= 15 is 0 Å². The fraction of sp³-hybridized carbons (Fsp3) is 0.350. The van der Waals surface area contributed by atoms with Crippen LogP contribution in [0, 0.1) is 10.1 Å². The highest BCUT2D eigenvalue weighted by Crippen LogP contribution is 2.30. The Labute approximate surface area is 185 Å². The van der Waals surface area contributed by atoms with E-state index in [1.165, 1.54) is 29.8 Å². The van der Waals surface area contributed by atoms with Gasteiger partial charge in [-0.3, -0.25) is 15.5 Å².